The molecular formula is C20H29N3O5. The molecule has 154 valence electrons. The van der Waals surface area contributed by atoms with E-state index in [9.17, 15) is 14.4 Å². The maximum atomic E-state index is 12.1. The zero-order valence-electron chi connectivity index (χ0n) is 17.0. The number of methoxy groups -OCH3 is 1. The number of likely N-dealkylation sites (N-methyl/N-ethyl adjacent to an activating group) is 1. The van der Waals surface area contributed by atoms with Crippen molar-refractivity contribution in [3.8, 4) is 17.6 Å². The summed E-state index contributed by atoms with van der Waals surface area (Å²) in [4.78, 5) is 34.5. The van der Waals surface area contributed by atoms with Crippen molar-refractivity contribution >= 4 is 17.7 Å². The average Bonchev–Trinajstić information content (AvgIpc) is 2.68. The van der Waals surface area contributed by atoms with Gasteiger partial charge in [-0.2, -0.15) is 0 Å². The number of nitrogens with one attached hydrogen (secondary N) is 3. The van der Waals surface area contributed by atoms with E-state index >= 15 is 0 Å². The lowest BCUT2D eigenvalue weighted by molar-refractivity contribution is -0.133. The van der Waals surface area contributed by atoms with E-state index in [1.54, 1.807) is 31.4 Å². The van der Waals surface area contributed by atoms with Gasteiger partial charge in [0.2, 0.25) is 17.7 Å². The molecule has 1 aromatic rings. The number of hydroxylamine groups is 1. The molecular weight excluding hydrogens is 362 g/mol. The second-order valence-corrected chi connectivity index (χ2v) is 6.41. The molecule has 0 aliphatic rings. The lowest BCUT2D eigenvalue weighted by Crippen LogP contribution is -2.39. The Morgan fingerprint density at radius 2 is 1.68 bits per heavy atom. The Bertz CT molecular complexity index is 687. The van der Waals surface area contributed by atoms with Crippen LogP contribution in [0.1, 0.15) is 32.8 Å². The van der Waals surface area contributed by atoms with Crippen LogP contribution in [0.4, 0.5) is 0 Å². The van der Waals surface area contributed by atoms with Crippen LogP contribution in [-0.4, -0.2) is 43.6 Å². The standard InChI is InChI=1S/C16H19N3O5.C4H10/c1-17-15(21)10-18-16(22)12(9-14(20)19-23)6-3-11-4-7-13(24-2)8-5-11;1-4(2)3/h4-5,7-8,12,23H,9-10H2,1-2H3,(H,17,21)(H,18,22)(H,19,20);4H,1-3H3. The van der Waals surface area contributed by atoms with Gasteiger partial charge in [-0.25, -0.2) is 5.48 Å². The van der Waals surface area contributed by atoms with Crippen molar-refractivity contribution in [1.29, 1.82) is 0 Å². The predicted molar refractivity (Wildman–Crippen MR) is 105 cm³/mol. The molecule has 0 saturated heterocycles. The summed E-state index contributed by atoms with van der Waals surface area (Å²) in [5, 5.41) is 13.3. The van der Waals surface area contributed by atoms with Gasteiger partial charge in [-0.3, -0.25) is 19.6 Å². The second kappa shape index (κ2) is 14.1. The largest absolute Gasteiger partial charge is 0.497 e. The van der Waals surface area contributed by atoms with E-state index in [0.717, 1.165) is 5.92 Å². The zero-order chi connectivity index (χ0) is 21.5. The molecule has 1 unspecified atom stereocenters. The van der Waals surface area contributed by atoms with Crippen LogP contribution in [0.15, 0.2) is 24.3 Å². The topological polar surface area (TPSA) is 117 Å². The highest BCUT2D eigenvalue weighted by molar-refractivity contribution is 5.90. The van der Waals surface area contributed by atoms with E-state index in [2.05, 4.69) is 43.2 Å². The van der Waals surface area contributed by atoms with E-state index in [1.165, 1.54) is 12.5 Å². The summed E-state index contributed by atoms with van der Waals surface area (Å²) >= 11 is 0. The Balaban J connectivity index is 0.00000165. The van der Waals surface area contributed by atoms with Crippen LogP contribution in [0.5, 0.6) is 5.75 Å². The number of benzene rings is 1. The summed E-state index contributed by atoms with van der Waals surface area (Å²) in [5.41, 5.74) is 2.09. The molecule has 28 heavy (non-hydrogen) atoms. The van der Waals surface area contributed by atoms with Gasteiger partial charge in [-0.05, 0) is 30.2 Å². The van der Waals surface area contributed by atoms with Crippen molar-refractivity contribution in [3.63, 3.8) is 0 Å². The minimum absolute atomic E-state index is 0.225. The van der Waals surface area contributed by atoms with E-state index < -0.39 is 17.7 Å². The molecule has 0 bridgehead atoms. The van der Waals surface area contributed by atoms with E-state index in [1.807, 2.05) is 0 Å². The summed E-state index contributed by atoms with van der Waals surface area (Å²) in [5.74, 6) is 4.23. The Morgan fingerprint density at radius 1 is 1.11 bits per heavy atom. The molecule has 8 heteroatoms. The number of hydrogen-bond donors (Lipinski definition) is 4. The minimum atomic E-state index is -1.01. The fourth-order valence-corrected chi connectivity index (χ4v) is 1.66. The number of rotatable bonds is 6. The number of ether oxygens (including phenoxy) is 1. The first-order valence-corrected chi connectivity index (χ1v) is 8.80. The molecule has 1 aromatic carbocycles. The lowest BCUT2D eigenvalue weighted by atomic mass is 10.0. The SMILES string of the molecule is CC(C)C.CNC(=O)CNC(=O)C(C#Cc1ccc(OC)cc1)CC(=O)NO. The van der Waals surface area contributed by atoms with Crippen LogP contribution in [0.3, 0.4) is 0 Å². The van der Waals surface area contributed by atoms with Gasteiger partial charge < -0.3 is 15.4 Å². The average molecular weight is 391 g/mol. The van der Waals surface area contributed by atoms with Crippen LogP contribution >= 0.6 is 0 Å². The Labute approximate surface area is 166 Å². The maximum Gasteiger partial charge on any atom is 0.245 e. The minimum Gasteiger partial charge on any atom is -0.497 e. The first kappa shape index (κ1) is 24.9. The molecule has 1 rings (SSSR count). The highest BCUT2D eigenvalue weighted by Gasteiger charge is 2.20. The molecule has 0 radical (unpaired) electrons. The fraction of sp³-hybridized carbons (Fsp3) is 0.450. The Morgan fingerprint density at radius 3 is 2.14 bits per heavy atom. The van der Waals surface area contributed by atoms with Crippen molar-refractivity contribution in [1.82, 2.24) is 16.1 Å². The summed E-state index contributed by atoms with van der Waals surface area (Å²) in [7, 11) is 2.98. The van der Waals surface area contributed by atoms with Crippen molar-refractivity contribution in [3.05, 3.63) is 29.8 Å². The third-order valence-corrected chi connectivity index (χ3v) is 3.01. The van der Waals surface area contributed by atoms with Crippen LogP contribution in [-0.2, 0) is 14.4 Å². The molecule has 0 aromatic heterocycles. The van der Waals surface area contributed by atoms with Crippen LogP contribution < -0.4 is 20.9 Å². The van der Waals surface area contributed by atoms with Crippen molar-refractivity contribution in [2.24, 2.45) is 11.8 Å². The summed E-state index contributed by atoms with van der Waals surface area (Å²) in [6.45, 7) is 6.27. The molecule has 8 nitrogen and oxygen atoms in total. The number of amides is 3. The molecule has 0 aliphatic heterocycles. The maximum absolute atomic E-state index is 12.1. The van der Waals surface area contributed by atoms with Gasteiger partial charge in [-0.1, -0.05) is 32.6 Å². The summed E-state index contributed by atoms with van der Waals surface area (Å²) in [6.07, 6.45) is -0.334. The van der Waals surface area contributed by atoms with E-state index in [-0.39, 0.29) is 18.9 Å². The number of carbonyl (C=O) groups is 3. The van der Waals surface area contributed by atoms with Crippen LogP contribution in [0.25, 0.3) is 0 Å². The smallest absolute Gasteiger partial charge is 0.245 e. The highest BCUT2D eigenvalue weighted by Crippen LogP contribution is 2.11. The monoisotopic (exact) mass is 391 g/mol. The zero-order valence-corrected chi connectivity index (χ0v) is 17.0. The number of carbonyl (C=O) groups excluding carboxylic acids is 3. The molecule has 0 heterocycles. The van der Waals surface area contributed by atoms with Gasteiger partial charge in [0.1, 0.15) is 11.7 Å². The molecule has 0 aliphatic carbocycles. The van der Waals surface area contributed by atoms with Crippen LogP contribution in [0.2, 0.25) is 0 Å². The first-order chi connectivity index (χ1) is 13.2. The first-order valence-electron chi connectivity index (χ1n) is 8.80. The number of hydrogen-bond acceptors (Lipinski definition) is 5. The van der Waals surface area contributed by atoms with Crippen molar-refractivity contribution in [2.75, 3.05) is 20.7 Å². The normalized spacial score (nSPS) is 10.4. The molecule has 4 N–H and O–H groups in total. The molecule has 0 saturated carbocycles. The lowest BCUT2D eigenvalue weighted by Gasteiger charge is -2.10. The van der Waals surface area contributed by atoms with Gasteiger partial charge in [0.05, 0.1) is 20.1 Å². The fourth-order valence-electron chi connectivity index (χ4n) is 1.66. The van der Waals surface area contributed by atoms with Crippen molar-refractivity contribution in [2.45, 2.75) is 27.2 Å². The van der Waals surface area contributed by atoms with E-state index in [4.69, 9.17) is 9.94 Å². The summed E-state index contributed by atoms with van der Waals surface area (Å²) < 4.78 is 5.03. The highest BCUT2D eigenvalue weighted by atomic mass is 16.5. The van der Waals surface area contributed by atoms with Gasteiger partial charge in [0.15, 0.2) is 0 Å². The predicted octanol–water partition coefficient (Wildman–Crippen LogP) is 1.08. The molecule has 3 amide bonds. The molecule has 0 spiro atoms. The van der Waals surface area contributed by atoms with Gasteiger partial charge in [-0.15, -0.1) is 0 Å². The third kappa shape index (κ3) is 11.5. The molecule has 1 atom stereocenters. The quantitative estimate of drug-likeness (QED) is 0.329. The molecule has 0 fully saturated rings. The van der Waals surface area contributed by atoms with Crippen molar-refractivity contribution < 1.29 is 24.3 Å². The third-order valence-electron chi connectivity index (χ3n) is 3.01. The second-order valence-electron chi connectivity index (χ2n) is 6.41. The van der Waals surface area contributed by atoms with Crippen LogP contribution in [0, 0.1) is 23.7 Å². The van der Waals surface area contributed by atoms with Gasteiger partial charge >= 0.3 is 0 Å². The van der Waals surface area contributed by atoms with Gasteiger partial charge in [0, 0.05) is 12.6 Å². The Hall–Kier alpha value is -3.05. The van der Waals surface area contributed by atoms with Gasteiger partial charge in [0.25, 0.3) is 0 Å². The summed E-state index contributed by atoms with van der Waals surface area (Å²) in [6, 6.07) is 6.84. The van der Waals surface area contributed by atoms with E-state index in [0.29, 0.717) is 11.3 Å². The Kier molecular flexibility index (Phi) is 12.5.